The summed E-state index contributed by atoms with van der Waals surface area (Å²) in [5.74, 6) is -1.39. The lowest BCUT2D eigenvalue weighted by molar-refractivity contribution is 0.0695. The molecule has 0 saturated heterocycles. The van der Waals surface area contributed by atoms with Crippen LogP contribution in [0.1, 0.15) is 26.3 Å². The summed E-state index contributed by atoms with van der Waals surface area (Å²) in [4.78, 5) is 23.3. The molecule has 0 spiro atoms. The van der Waals surface area contributed by atoms with Crippen LogP contribution in [-0.2, 0) is 0 Å². The number of carbonyl (C=O) groups is 2. The van der Waals surface area contributed by atoms with Gasteiger partial charge in [-0.2, -0.15) is 0 Å². The molecule has 21 heavy (non-hydrogen) atoms. The normalized spacial score (nSPS) is 10.2. The molecule has 6 heteroatoms. The van der Waals surface area contributed by atoms with Crippen molar-refractivity contribution >= 4 is 45.1 Å². The number of halogens is 2. The van der Waals surface area contributed by atoms with Crippen LogP contribution in [0, 0.1) is 6.92 Å². The predicted octanol–water partition coefficient (Wildman–Crippen LogP) is 4.36. The van der Waals surface area contributed by atoms with Crippen LogP contribution < -0.4 is 5.32 Å². The molecule has 108 valence electrons. The molecule has 2 aromatic carbocycles. The van der Waals surface area contributed by atoms with Crippen molar-refractivity contribution in [2.24, 2.45) is 0 Å². The summed E-state index contributed by atoms with van der Waals surface area (Å²) in [6.07, 6.45) is 0. The van der Waals surface area contributed by atoms with E-state index in [0.29, 0.717) is 26.3 Å². The molecule has 2 rings (SSSR count). The number of anilines is 1. The average molecular weight is 369 g/mol. The maximum Gasteiger partial charge on any atom is 0.336 e. The Morgan fingerprint density at radius 3 is 2.57 bits per heavy atom. The van der Waals surface area contributed by atoms with Gasteiger partial charge in [0.05, 0.1) is 5.56 Å². The van der Waals surface area contributed by atoms with Gasteiger partial charge < -0.3 is 10.4 Å². The molecule has 0 fully saturated rings. The number of rotatable bonds is 3. The third kappa shape index (κ3) is 3.62. The molecule has 0 aliphatic rings. The van der Waals surface area contributed by atoms with Gasteiger partial charge >= 0.3 is 5.97 Å². The van der Waals surface area contributed by atoms with E-state index in [2.05, 4.69) is 21.2 Å². The summed E-state index contributed by atoms with van der Waals surface area (Å²) in [7, 11) is 0. The smallest absolute Gasteiger partial charge is 0.336 e. The number of carbonyl (C=O) groups excluding carboxylic acids is 1. The number of benzene rings is 2. The van der Waals surface area contributed by atoms with Crippen LogP contribution in [0.3, 0.4) is 0 Å². The van der Waals surface area contributed by atoms with Crippen molar-refractivity contribution in [2.75, 3.05) is 5.32 Å². The molecule has 0 unspecified atom stereocenters. The minimum atomic E-state index is -1.03. The van der Waals surface area contributed by atoms with Crippen LogP contribution in [-0.4, -0.2) is 17.0 Å². The fourth-order valence-electron chi connectivity index (χ4n) is 1.88. The largest absolute Gasteiger partial charge is 0.478 e. The highest BCUT2D eigenvalue weighted by Gasteiger charge is 2.13. The van der Waals surface area contributed by atoms with Crippen LogP contribution in [0.4, 0.5) is 5.69 Å². The van der Waals surface area contributed by atoms with Crippen LogP contribution in [0.2, 0.25) is 5.02 Å². The lowest BCUT2D eigenvalue weighted by Gasteiger charge is -2.11. The molecule has 2 N–H and O–H groups in total. The van der Waals surface area contributed by atoms with E-state index in [0.717, 1.165) is 0 Å². The van der Waals surface area contributed by atoms with E-state index in [9.17, 15) is 9.59 Å². The van der Waals surface area contributed by atoms with Gasteiger partial charge in [-0.1, -0.05) is 33.6 Å². The quantitative estimate of drug-likeness (QED) is 0.846. The Morgan fingerprint density at radius 2 is 1.95 bits per heavy atom. The minimum Gasteiger partial charge on any atom is -0.478 e. The van der Waals surface area contributed by atoms with Crippen molar-refractivity contribution in [1.82, 2.24) is 0 Å². The van der Waals surface area contributed by atoms with Gasteiger partial charge in [0.25, 0.3) is 5.91 Å². The lowest BCUT2D eigenvalue weighted by atomic mass is 10.1. The minimum absolute atomic E-state index is 0.153. The van der Waals surface area contributed by atoms with Gasteiger partial charge in [-0.3, -0.25) is 4.79 Å². The van der Waals surface area contributed by atoms with E-state index in [1.54, 1.807) is 31.2 Å². The first kappa shape index (κ1) is 15.5. The average Bonchev–Trinajstić information content (AvgIpc) is 2.39. The highest BCUT2D eigenvalue weighted by Crippen LogP contribution is 2.23. The molecule has 1 amide bonds. The van der Waals surface area contributed by atoms with Crippen LogP contribution in [0.25, 0.3) is 0 Å². The first-order chi connectivity index (χ1) is 9.88. The first-order valence-corrected chi connectivity index (χ1v) is 7.16. The molecular weight excluding hydrogens is 358 g/mol. The second-order valence-corrected chi connectivity index (χ2v) is 5.75. The van der Waals surface area contributed by atoms with E-state index < -0.39 is 5.97 Å². The molecule has 0 radical (unpaired) electrons. The topological polar surface area (TPSA) is 66.4 Å². The van der Waals surface area contributed by atoms with Gasteiger partial charge in [0.15, 0.2) is 0 Å². The van der Waals surface area contributed by atoms with Crippen molar-refractivity contribution in [2.45, 2.75) is 6.92 Å². The van der Waals surface area contributed by atoms with E-state index in [1.807, 2.05) is 0 Å². The summed E-state index contributed by atoms with van der Waals surface area (Å²) >= 11 is 9.18. The number of aromatic carboxylic acids is 1. The number of carboxylic acid groups (broad SMARTS) is 1. The van der Waals surface area contributed by atoms with Crippen molar-refractivity contribution in [3.63, 3.8) is 0 Å². The Labute approximate surface area is 134 Å². The Kier molecular flexibility index (Phi) is 4.65. The predicted molar refractivity (Wildman–Crippen MR) is 85.2 cm³/mol. The van der Waals surface area contributed by atoms with Crippen molar-refractivity contribution in [1.29, 1.82) is 0 Å². The Balaban J connectivity index is 2.32. The second-order valence-electron chi connectivity index (χ2n) is 4.40. The maximum absolute atomic E-state index is 12.2. The number of amides is 1. The van der Waals surface area contributed by atoms with Crippen molar-refractivity contribution < 1.29 is 14.7 Å². The zero-order chi connectivity index (χ0) is 15.6. The van der Waals surface area contributed by atoms with Crippen LogP contribution >= 0.6 is 27.5 Å². The molecule has 0 aromatic heterocycles. The van der Waals surface area contributed by atoms with Gasteiger partial charge in [0.1, 0.15) is 0 Å². The molecule has 0 heterocycles. The lowest BCUT2D eigenvalue weighted by Crippen LogP contribution is -2.14. The SMILES string of the molecule is Cc1c(NC(=O)c2cc(Cl)cc(Br)c2)cccc1C(=O)O. The monoisotopic (exact) mass is 367 g/mol. The van der Waals surface area contributed by atoms with E-state index in [4.69, 9.17) is 16.7 Å². The summed E-state index contributed by atoms with van der Waals surface area (Å²) in [5, 5.41) is 12.2. The Hall–Kier alpha value is -1.85. The number of hydrogen-bond donors (Lipinski definition) is 2. The van der Waals surface area contributed by atoms with Gasteiger partial charge in [-0.05, 0) is 42.8 Å². The molecular formula is C15H11BrClNO3. The number of nitrogens with one attached hydrogen (secondary N) is 1. The third-order valence-corrected chi connectivity index (χ3v) is 3.61. The standard InChI is InChI=1S/C15H11BrClNO3/c1-8-12(15(20)21)3-2-4-13(8)18-14(19)9-5-10(16)7-11(17)6-9/h2-7H,1H3,(H,18,19)(H,20,21). The van der Waals surface area contributed by atoms with E-state index >= 15 is 0 Å². The van der Waals surface area contributed by atoms with Gasteiger partial charge in [-0.15, -0.1) is 0 Å². The fourth-order valence-corrected chi connectivity index (χ4v) is 2.74. The second kappa shape index (κ2) is 6.28. The fraction of sp³-hybridized carbons (Fsp3) is 0.0667. The van der Waals surface area contributed by atoms with Crippen LogP contribution in [0.15, 0.2) is 40.9 Å². The maximum atomic E-state index is 12.2. The summed E-state index contributed by atoms with van der Waals surface area (Å²) in [6.45, 7) is 1.65. The summed E-state index contributed by atoms with van der Waals surface area (Å²) in [5.41, 5.74) is 1.49. The van der Waals surface area contributed by atoms with E-state index in [-0.39, 0.29) is 11.5 Å². The van der Waals surface area contributed by atoms with Crippen molar-refractivity contribution in [3.05, 3.63) is 62.6 Å². The Bertz CT molecular complexity index is 711. The summed E-state index contributed by atoms with van der Waals surface area (Å²) < 4.78 is 0.691. The van der Waals surface area contributed by atoms with Gasteiger partial charge in [-0.25, -0.2) is 4.79 Å². The zero-order valence-electron chi connectivity index (χ0n) is 11.0. The summed E-state index contributed by atoms with van der Waals surface area (Å²) in [6, 6.07) is 9.58. The molecule has 0 aliphatic heterocycles. The van der Waals surface area contributed by atoms with E-state index in [1.165, 1.54) is 12.1 Å². The molecule has 2 aromatic rings. The third-order valence-electron chi connectivity index (χ3n) is 2.94. The first-order valence-electron chi connectivity index (χ1n) is 5.99. The highest BCUT2D eigenvalue weighted by molar-refractivity contribution is 9.10. The van der Waals surface area contributed by atoms with Gasteiger partial charge in [0, 0.05) is 20.7 Å². The number of hydrogen-bond acceptors (Lipinski definition) is 2. The van der Waals surface area contributed by atoms with Crippen LogP contribution in [0.5, 0.6) is 0 Å². The molecule has 0 atom stereocenters. The molecule has 4 nitrogen and oxygen atoms in total. The van der Waals surface area contributed by atoms with Crippen molar-refractivity contribution in [3.8, 4) is 0 Å². The Morgan fingerprint density at radius 1 is 1.24 bits per heavy atom. The zero-order valence-corrected chi connectivity index (χ0v) is 13.3. The number of carboxylic acids is 1. The molecule has 0 aliphatic carbocycles. The molecule has 0 bridgehead atoms. The van der Waals surface area contributed by atoms with Gasteiger partial charge in [0.2, 0.25) is 0 Å². The highest BCUT2D eigenvalue weighted by atomic mass is 79.9. The molecule has 0 saturated carbocycles.